The molecule has 2 heterocycles. The first-order valence-corrected chi connectivity index (χ1v) is 16.0. The molecule has 6 nitrogen and oxygen atoms in total. The van der Waals surface area contributed by atoms with Crippen LogP contribution in [0, 0.1) is 18.2 Å². The van der Waals surface area contributed by atoms with Gasteiger partial charge in [-0.2, -0.15) is 0 Å². The Morgan fingerprint density at radius 3 is 2.15 bits per heavy atom. The quantitative estimate of drug-likeness (QED) is 0.195. The molecule has 4 rings (SSSR count). The first-order valence-electron chi connectivity index (χ1n) is 16.0. The van der Waals surface area contributed by atoms with Crippen LogP contribution in [0.1, 0.15) is 96.4 Å². The Hall–Kier alpha value is -3.59. The van der Waals surface area contributed by atoms with Gasteiger partial charge in [-0.3, -0.25) is 4.98 Å². The Kier molecular flexibility index (Phi) is 11.1. The molecule has 2 aromatic carbocycles. The number of esters is 1. The molecule has 250 valence electrons. The fraction of sp³-hybridized carbons (Fsp3) is 0.514. The number of pyridine rings is 1. The molecule has 0 amide bonds. The Morgan fingerprint density at radius 2 is 1.61 bits per heavy atom. The number of carbonyl (C=O) groups excluding carboxylic acids is 1. The van der Waals surface area contributed by atoms with Gasteiger partial charge in [-0.25, -0.2) is 18.0 Å². The lowest BCUT2D eigenvalue weighted by Gasteiger charge is -2.41. The van der Waals surface area contributed by atoms with Crippen LogP contribution in [0.15, 0.2) is 48.5 Å². The standard InChI is InChI=1S/C37H47F3N2O4/c1-23(2)45-35(43)33(46-36(4,5)6)29-24(3)41-31(34(39)40)30(32(29)42-20-18-37(7,8)19-21-42)26-11-15-28(16-12-26)44-22-17-25-9-13-27(38)14-10-25/h9-16,23,33-34H,17-22H2,1-8H3. The van der Waals surface area contributed by atoms with Crippen molar-refractivity contribution in [1.29, 1.82) is 0 Å². The Bertz CT molecular complexity index is 1470. The number of alkyl halides is 2. The number of rotatable bonds is 11. The van der Waals surface area contributed by atoms with E-state index in [0.29, 0.717) is 54.4 Å². The summed E-state index contributed by atoms with van der Waals surface area (Å²) in [6.45, 7) is 16.7. The Labute approximate surface area is 271 Å². The number of hydrogen-bond donors (Lipinski definition) is 0. The van der Waals surface area contributed by atoms with E-state index in [1.54, 1.807) is 57.2 Å². The molecule has 1 fully saturated rings. The van der Waals surface area contributed by atoms with Crippen LogP contribution < -0.4 is 9.64 Å². The maximum absolute atomic E-state index is 14.9. The van der Waals surface area contributed by atoms with E-state index in [9.17, 15) is 18.0 Å². The third-order valence-corrected chi connectivity index (χ3v) is 8.08. The molecule has 1 saturated heterocycles. The molecule has 0 bridgehead atoms. The zero-order valence-electron chi connectivity index (χ0n) is 28.3. The van der Waals surface area contributed by atoms with Gasteiger partial charge in [-0.15, -0.1) is 0 Å². The largest absolute Gasteiger partial charge is 0.493 e. The summed E-state index contributed by atoms with van der Waals surface area (Å²) in [5.74, 6) is -0.313. The normalized spacial score (nSPS) is 15.7. The number of anilines is 1. The molecule has 1 atom stereocenters. The van der Waals surface area contributed by atoms with Gasteiger partial charge in [0.1, 0.15) is 17.3 Å². The SMILES string of the molecule is Cc1nc(C(F)F)c(-c2ccc(OCCc3ccc(F)cc3)cc2)c(N2CCC(C)(C)CC2)c1C(OC(C)(C)C)C(=O)OC(C)C. The highest BCUT2D eigenvalue weighted by molar-refractivity contribution is 5.88. The first-order chi connectivity index (χ1) is 21.5. The molecule has 1 aromatic heterocycles. The van der Waals surface area contributed by atoms with Gasteiger partial charge in [0.05, 0.1) is 24.0 Å². The van der Waals surface area contributed by atoms with Crippen molar-refractivity contribution in [2.24, 2.45) is 5.41 Å². The van der Waals surface area contributed by atoms with Crippen LogP contribution in [0.25, 0.3) is 11.1 Å². The van der Waals surface area contributed by atoms with Crippen LogP contribution in [0.2, 0.25) is 0 Å². The predicted octanol–water partition coefficient (Wildman–Crippen LogP) is 9.19. The van der Waals surface area contributed by atoms with E-state index in [4.69, 9.17) is 14.2 Å². The fourth-order valence-electron chi connectivity index (χ4n) is 5.67. The summed E-state index contributed by atoms with van der Waals surface area (Å²) >= 11 is 0. The van der Waals surface area contributed by atoms with E-state index < -0.39 is 30.2 Å². The summed E-state index contributed by atoms with van der Waals surface area (Å²) < 4.78 is 61.0. The topological polar surface area (TPSA) is 60.9 Å². The minimum absolute atomic E-state index is 0.0925. The first kappa shape index (κ1) is 35.3. The number of nitrogens with zero attached hydrogens (tertiary/aromatic N) is 2. The number of aromatic nitrogens is 1. The van der Waals surface area contributed by atoms with E-state index in [1.807, 2.05) is 20.8 Å². The summed E-state index contributed by atoms with van der Waals surface area (Å²) in [5, 5.41) is 0. The lowest BCUT2D eigenvalue weighted by atomic mass is 9.81. The third kappa shape index (κ3) is 9.02. The van der Waals surface area contributed by atoms with Gasteiger partial charge in [0.15, 0.2) is 6.10 Å². The summed E-state index contributed by atoms with van der Waals surface area (Å²) in [7, 11) is 0. The van der Waals surface area contributed by atoms with Crippen molar-refractivity contribution >= 4 is 11.7 Å². The van der Waals surface area contributed by atoms with Crippen LogP contribution in [-0.4, -0.2) is 42.4 Å². The van der Waals surface area contributed by atoms with Crippen molar-refractivity contribution in [3.05, 3.63) is 76.9 Å². The van der Waals surface area contributed by atoms with Crippen LogP contribution in [0.4, 0.5) is 18.9 Å². The number of carbonyl (C=O) groups is 1. The summed E-state index contributed by atoms with van der Waals surface area (Å²) in [6.07, 6.45) is -2.17. The number of aryl methyl sites for hydroxylation is 1. The van der Waals surface area contributed by atoms with Crippen molar-refractivity contribution < 1.29 is 32.2 Å². The molecule has 0 aliphatic carbocycles. The highest BCUT2D eigenvalue weighted by atomic mass is 19.3. The molecule has 3 aromatic rings. The maximum atomic E-state index is 14.9. The molecule has 46 heavy (non-hydrogen) atoms. The maximum Gasteiger partial charge on any atom is 0.340 e. The lowest BCUT2D eigenvalue weighted by Crippen LogP contribution is -2.39. The van der Waals surface area contributed by atoms with E-state index in [2.05, 4.69) is 23.7 Å². The van der Waals surface area contributed by atoms with Crippen molar-refractivity contribution in [3.63, 3.8) is 0 Å². The zero-order valence-corrected chi connectivity index (χ0v) is 28.3. The number of ether oxygens (including phenoxy) is 3. The molecule has 9 heteroatoms. The molecule has 1 unspecified atom stereocenters. The number of hydrogen-bond acceptors (Lipinski definition) is 6. The smallest absolute Gasteiger partial charge is 0.340 e. The minimum atomic E-state index is -2.86. The van der Waals surface area contributed by atoms with Crippen LogP contribution in [0.5, 0.6) is 5.75 Å². The monoisotopic (exact) mass is 640 g/mol. The second kappa shape index (κ2) is 14.4. The van der Waals surface area contributed by atoms with Crippen LogP contribution in [-0.2, 0) is 20.7 Å². The van der Waals surface area contributed by atoms with E-state index in [0.717, 1.165) is 18.4 Å². The summed E-state index contributed by atoms with van der Waals surface area (Å²) in [5.41, 5.74) is 2.01. The second-order valence-corrected chi connectivity index (χ2v) is 14.0. The summed E-state index contributed by atoms with van der Waals surface area (Å²) in [6, 6.07) is 13.2. The molecule has 0 spiro atoms. The molecule has 0 radical (unpaired) electrons. The Balaban J connectivity index is 1.82. The van der Waals surface area contributed by atoms with Gasteiger partial charge in [0, 0.05) is 36.3 Å². The third-order valence-electron chi connectivity index (χ3n) is 8.08. The van der Waals surface area contributed by atoms with Gasteiger partial charge in [-0.1, -0.05) is 38.1 Å². The van der Waals surface area contributed by atoms with Crippen molar-refractivity contribution in [2.75, 3.05) is 24.6 Å². The van der Waals surface area contributed by atoms with Gasteiger partial charge in [0.2, 0.25) is 0 Å². The van der Waals surface area contributed by atoms with Gasteiger partial charge < -0.3 is 19.1 Å². The van der Waals surface area contributed by atoms with Crippen LogP contribution >= 0.6 is 0 Å². The van der Waals surface area contributed by atoms with Crippen molar-refractivity contribution in [2.45, 2.75) is 98.9 Å². The molecule has 1 aliphatic heterocycles. The molecule has 0 N–H and O–H groups in total. The average Bonchev–Trinajstić information content (AvgIpc) is 2.96. The summed E-state index contributed by atoms with van der Waals surface area (Å²) in [4.78, 5) is 20.2. The van der Waals surface area contributed by atoms with Gasteiger partial charge >= 0.3 is 5.97 Å². The molecular weight excluding hydrogens is 593 g/mol. The van der Waals surface area contributed by atoms with Crippen LogP contribution in [0.3, 0.4) is 0 Å². The second-order valence-electron chi connectivity index (χ2n) is 14.0. The minimum Gasteiger partial charge on any atom is -0.493 e. The number of halogens is 3. The van der Waals surface area contributed by atoms with Crippen molar-refractivity contribution in [1.82, 2.24) is 4.98 Å². The Morgan fingerprint density at radius 1 is 1.00 bits per heavy atom. The predicted molar refractivity (Wildman–Crippen MR) is 175 cm³/mol. The average molecular weight is 641 g/mol. The molecular formula is C37H47F3N2O4. The van der Waals surface area contributed by atoms with Gasteiger partial charge in [-0.05, 0) is 95.2 Å². The zero-order chi connectivity index (χ0) is 33.8. The highest BCUT2D eigenvalue weighted by Crippen LogP contribution is 2.47. The van der Waals surface area contributed by atoms with E-state index in [1.165, 1.54) is 12.1 Å². The molecule has 1 aliphatic rings. The van der Waals surface area contributed by atoms with Crippen molar-refractivity contribution in [3.8, 4) is 16.9 Å². The number of piperidine rings is 1. The van der Waals surface area contributed by atoms with Gasteiger partial charge in [0.25, 0.3) is 6.43 Å². The van der Waals surface area contributed by atoms with E-state index in [-0.39, 0.29) is 22.5 Å². The lowest BCUT2D eigenvalue weighted by molar-refractivity contribution is -0.171. The molecule has 0 saturated carbocycles. The highest BCUT2D eigenvalue weighted by Gasteiger charge is 2.39. The van der Waals surface area contributed by atoms with E-state index >= 15 is 0 Å². The number of benzene rings is 2. The fourth-order valence-corrected chi connectivity index (χ4v) is 5.67.